The Hall–Kier alpha value is -1.90. The molecule has 68 valence electrons. The van der Waals surface area contributed by atoms with Gasteiger partial charge in [-0.15, -0.1) is 0 Å². The second kappa shape index (κ2) is 3.67. The SMILES string of the molecule is CCOC1=NC(=N)N=C(N)C1C#N. The third kappa shape index (κ3) is 1.82. The molecule has 0 saturated carbocycles. The molecule has 0 aliphatic carbocycles. The van der Waals surface area contributed by atoms with Gasteiger partial charge in [-0.05, 0) is 6.92 Å². The van der Waals surface area contributed by atoms with Crippen LogP contribution in [0.1, 0.15) is 6.92 Å². The molecule has 0 aromatic rings. The minimum absolute atomic E-state index is 0.0611. The first-order valence-corrected chi connectivity index (χ1v) is 3.72. The fourth-order valence-electron chi connectivity index (χ4n) is 0.892. The van der Waals surface area contributed by atoms with Crippen molar-refractivity contribution in [2.75, 3.05) is 6.61 Å². The van der Waals surface area contributed by atoms with Crippen molar-refractivity contribution in [2.45, 2.75) is 6.92 Å². The molecule has 0 amide bonds. The number of nitrogens with one attached hydrogen (secondary N) is 1. The Kier molecular flexibility index (Phi) is 2.59. The number of nitrogens with zero attached hydrogens (tertiary/aromatic N) is 3. The van der Waals surface area contributed by atoms with Crippen LogP contribution in [-0.2, 0) is 4.74 Å². The summed E-state index contributed by atoms with van der Waals surface area (Å²) in [4.78, 5) is 7.22. The van der Waals surface area contributed by atoms with Crippen LogP contribution in [0.2, 0.25) is 0 Å². The average molecular weight is 179 g/mol. The van der Waals surface area contributed by atoms with E-state index in [0.29, 0.717) is 6.61 Å². The Morgan fingerprint density at radius 3 is 2.92 bits per heavy atom. The molecule has 0 spiro atoms. The first-order valence-electron chi connectivity index (χ1n) is 3.72. The number of amidine groups is 1. The van der Waals surface area contributed by atoms with Crippen LogP contribution >= 0.6 is 0 Å². The van der Waals surface area contributed by atoms with Gasteiger partial charge in [-0.25, -0.2) is 0 Å². The van der Waals surface area contributed by atoms with E-state index in [-0.39, 0.29) is 17.7 Å². The van der Waals surface area contributed by atoms with E-state index < -0.39 is 5.92 Å². The molecule has 0 aromatic heterocycles. The smallest absolute Gasteiger partial charge is 0.246 e. The number of nitriles is 1. The van der Waals surface area contributed by atoms with Crippen molar-refractivity contribution in [3.05, 3.63) is 0 Å². The van der Waals surface area contributed by atoms with Gasteiger partial charge in [0, 0.05) is 0 Å². The molecular formula is C7H9N5O. The van der Waals surface area contributed by atoms with E-state index in [1.54, 1.807) is 6.92 Å². The molecule has 0 radical (unpaired) electrons. The third-order valence-electron chi connectivity index (χ3n) is 1.42. The Labute approximate surface area is 75.2 Å². The second-order valence-electron chi connectivity index (χ2n) is 2.31. The van der Waals surface area contributed by atoms with E-state index in [2.05, 4.69) is 9.98 Å². The molecule has 1 heterocycles. The van der Waals surface area contributed by atoms with Gasteiger partial charge in [0.1, 0.15) is 5.84 Å². The zero-order valence-corrected chi connectivity index (χ0v) is 7.11. The van der Waals surface area contributed by atoms with Gasteiger partial charge in [-0.3, -0.25) is 5.41 Å². The third-order valence-corrected chi connectivity index (χ3v) is 1.42. The maximum atomic E-state index is 8.70. The number of aliphatic imine (C=N–C) groups is 2. The molecule has 0 saturated heterocycles. The maximum Gasteiger partial charge on any atom is 0.246 e. The van der Waals surface area contributed by atoms with Gasteiger partial charge in [0.2, 0.25) is 11.9 Å². The molecule has 3 N–H and O–H groups in total. The van der Waals surface area contributed by atoms with Gasteiger partial charge < -0.3 is 10.5 Å². The summed E-state index contributed by atoms with van der Waals surface area (Å²) >= 11 is 0. The van der Waals surface area contributed by atoms with E-state index >= 15 is 0 Å². The highest BCUT2D eigenvalue weighted by Gasteiger charge is 2.25. The van der Waals surface area contributed by atoms with Gasteiger partial charge >= 0.3 is 0 Å². The molecule has 6 heteroatoms. The molecule has 1 atom stereocenters. The van der Waals surface area contributed by atoms with Gasteiger partial charge in [0.25, 0.3) is 0 Å². The summed E-state index contributed by atoms with van der Waals surface area (Å²) < 4.78 is 5.05. The molecule has 0 fully saturated rings. The van der Waals surface area contributed by atoms with Gasteiger partial charge in [-0.2, -0.15) is 15.2 Å². The minimum Gasteiger partial charge on any atom is -0.480 e. The summed E-state index contributed by atoms with van der Waals surface area (Å²) in [5.74, 6) is -0.769. The van der Waals surface area contributed by atoms with Gasteiger partial charge in [0.15, 0.2) is 5.92 Å². The Balaban J connectivity index is 2.93. The molecule has 1 rings (SSSR count). The van der Waals surface area contributed by atoms with Crippen molar-refractivity contribution < 1.29 is 4.74 Å². The predicted octanol–water partition coefficient (Wildman–Crippen LogP) is -0.133. The Morgan fingerprint density at radius 2 is 2.38 bits per heavy atom. The number of ether oxygens (including phenoxy) is 1. The standard InChI is InChI=1S/C7H9N5O/c1-2-13-6-4(3-8)5(9)11-7(10)12-6/h4H,2H2,1H3,(H3,9,10,11). The van der Waals surface area contributed by atoms with Crippen LogP contribution in [0.3, 0.4) is 0 Å². The number of nitrogens with two attached hydrogens (primary N) is 1. The average Bonchev–Trinajstić information content (AvgIpc) is 2.04. The lowest BCUT2D eigenvalue weighted by atomic mass is 10.1. The summed E-state index contributed by atoms with van der Waals surface area (Å²) in [6.07, 6.45) is 0. The van der Waals surface area contributed by atoms with Crippen LogP contribution in [0.25, 0.3) is 0 Å². The molecule has 13 heavy (non-hydrogen) atoms. The monoisotopic (exact) mass is 179 g/mol. The fraction of sp³-hybridized carbons (Fsp3) is 0.429. The zero-order valence-electron chi connectivity index (χ0n) is 7.11. The fourth-order valence-corrected chi connectivity index (χ4v) is 0.892. The summed E-state index contributed by atoms with van der Waals surface area (Å²) in [6.45, 7) is 2.15. The summed E-state index contributed by atoms with van der Waals surface area (Å²) in [5.41, 5.74) is 5.43. The van der Waals surface area contributed by atoms with Crippen molar-refractivity contribution in [2.24, 2.45) is 21.6 Å². The van der Waals surface area contributed by atoms with Crippen LogP contribution in [0.4, 0.5) is 0 Å². The Morgan fingerprint density at radius 1 is 1.69 bits per heavy atom. The quantitative estimate of drug-likeness (QED) is 0.585. The van der Waals surface area contributed by atoms with Crippen LogP contribution < -0.4 is 5.73 Å². The van der Waals surface area contributed by atoms with E-state index in [4.69, 9.17) is 21.1 Å². The van der Waals surface area contributed by atoms with Gasteiger partial charge in [-0.1, -0.05) is 0 Å². The van der Waals surface area contributed by atoms with Crippen molar-refractivity contribution >= 4 is 17.7 Å². The largest absolute Gasteiger partial charge is 0.480 e. The predicted molar refractivity (Wildman–Crippen MR) is 47.5 cm³/mol. The minimum atomic E-state index is -0.756. The second-order valence-corrected chi connectivity index (χ2v) is 2.31. The number of hydrogen-bond donors (Lipinski definition) is 2. The summed E-state index contributed by atoms with van der Waals surface area (Å²) in [7, 11) is 0. The summed E-state index contributed by atoms with van der Waals surface area (Å²) in [6, 6.07) is 1.90. The van der Waals surface area contributed by atoms with Crippen LogP contribution in [-0.4, -0.2) is 24.3 Å². The molecule has 0 aromatic carbocycles. The number of hydrogen-bond acceptors (Lipinski definition) is 4. The highest BCUT2D eigenvalue weighted by molar-refractivity contribution is 6.15. The van der Waals surface area contributed by atoms with Crippen molar-refractivity contribution in [3.8, 4) is 6.07 Å². The number of rotatable bonds is 1. The lowest BCUT2D eigenvalue weighted by Gasteiger charge is -2.15. The normalized spacial score (nSPS) is 21.5. The highest BCUT2D eigenvalue weighted by Crippen LogP contribution is 2.07. The van der Waals surface area contributed by atoms with E-state index in [9.17, 15) is 0 Å². The molecular weight excluding hydrogens is 170 g/mol. The van der Waals surface area contributed by atoms with E-state index in [1.165, 1.54) is 0 Å². The van der Waals surface area contributed by atoms with Crippen molar-refractivity contribution in [1.82, 2.24) is 0 Å². The molecule has 0 bridgehead atoms. The van der Waals surface area contributed by atoms with E-state index in [0.717, 1.165) is 0 Å². The molecule has 1 aliphatic rings. The summed E-state index contributed by atoms with van der Waals surface area (Å²) in [5, 5.41) is 15.9. The van der Waals surface area contributed by atoms with Crippen molar-refractivity contribution in [3.63, 3.8) is 0 Å². The maximum absolute atomic E-state index is 8.70. The lowest BCUT2D eigenvalue weighted by Crippen LogP contribution is -2.35. The topological polar surface area (TPSA) is 108 Å². The highest BCUT2D eigenvalue weighted by atomic mass is 16.5. The zero-order chi connectivity index (χ0) is 9.84. The van der Waals surface area contributed by atoms with Crippen LogP contribution in [0.15, 0.2) is 9.98 Å². The van der Waals surface area contributed by atoms with Crippen LogP contribution in [0, 0.1) is 22.7 Å². The van der Waals surface area contributed by atoms with Crippen LogP contribution in [0.5, 0.6) is 0 Å². The molecule has 1 unspecified atom stereocenters. The lowest BCUT2D eigenvalue weighted by molar-refractivity contribution is 0.316. The number of guanidine groups is 1. The first-order chi connectivity index (χ1) is 6.19. The van der Waals surface area contributed by atoms with Crippen molar-refractivity contribution in [1.29, 1.82) is 10.7 Å². The molecule has 1 aliphatic heterocycles. The van der Waals surface area contributed by atoms with E-state index in [1.807, 2.05) is 6.07 Å². The molecule has 6 nitrogen and oxygen atoms in total. The van der Waals surface area contributed by atoms with Gasteiger partial charge in [0.05, 0.1) is 12.7 Å². The first kappa shape index (κ1) is 9.19. The Bertz CT molecular complexity index is 324.